The maximum atomic E-state index is 13.0. The predicted molar refractivity (Wildman–Crippen MR) is 133 cm³/mol. The Balaban J connectivity index is 1.58. The summed E-state index contributed by atoms with van der Waals surface area (Å²) in [6, 6.07) is 23.9. The monoisotopic (exact) mass is 444 g/mol. The molecule has 0 radical (unpaired) electrons. The van der Waals surface area contributed by atoms with Crippen molar-refractivity contribution in [2.75, 3.05) is 16.0 Å². The molecule has 1 aliphatic rings. The topological polar surface area (TPSA) is 49.4 Å². The van der Waals surface area contributed by atoms with Gasteiger partial charge in [-0.05, 0) is 55.2 Å². The van der Waals surface area contributed by atoms with Crippen LogP contribution in [0.25, 0.3) is 0 Å². The second-order valence-corrected chi connectivity index (χ2v) is 9.27. The molecule has 0 saturated carbocycles. The molecule has 2 amide bonds. The summed E-state index contributed by atoms with van der Waals surface area (Å²) in [6.07, 6.45) is 0.725. The first-order valence-corrected chi connectivity index (χ1v) is 12.0. The second kappa shape index (κ2) is 9.61. The number of hydrogen-bond donors (Lipinski definition) is 1. The number of hydrogen-bond acceptors (Lipinski definition) is 3. The number of carbonyl (C=O) groups is 2. The van der Waals surface area contributed by atoms with E-state index in [1.807, 2.05) is 85.5 Å². The van der Waals surface area contributed by atoms with E-state index in [1.165, 1.54) is 5.56 Å². The molecule has 1 heterocycles. The second-order valence-electron chi connectivity index (χ2n) is 8.20. The zero-order valence-electron chi connectivity index (χ0n) is 18.7. The van der Waals surface area contributed by atoms with Crippen LogP contribution in [0, 0.1) is 13.8 Å². The van der Waals surface area contributed by atoms with E-state index in [0.717, 1.165) is 34.5 Å². The van der Waals surface area contributed by atoms with Gasteiger partial charge >= 0.3 is 0 Å². The number of benzene rings is 3. The molecule has 1 N–H and O–H groups in total. The van der Waals surface area contributed by atoms with E-state index in [2.05, 4.69) is 18.3 Å². The number of nitrogens with one attached hydrogen (secondary N) is 1. The maximum Gasteiger partial charge on any atom is 0.238 e. The summed E-state index contributed by atoms with van der Waals surface area (Å²) < 4.78 is 0. The number of aryl methyl sites for hydroxylation is 2. The van der Waals surface area contributed by atoms with Crippen LogP contribution in [0.15, 0.2) is 72.8 Å². The van der Waals surface area contributed by atoms with E-state index in [1.54, 1.807) is 11.8 Å². The molecule has 32 heavy (non-hydrogen) atoms. The molecule has 3 aromatic rings. The molecule has 4 nitrogen and oxygen atoms in total. The van der Waals surface area contributed by atoms with E-state index < -0.39 is 0 Å². The molecular weight excluding hydrogens is 416 g/mol. The van der Waals surface area contributed by atoms with Gasteiger partial charge in [0.05, 0.1) is 11.7 Å². The average molecular weight is 445 g/mol. The van der Waals surface area contributed by atoms with E-state index in [-0.39, 0.29) is 23.1 Å². The van der Waals surface area contributed by atoms with Crippen LogP contribution < -0.4 is 10.2 Å². The highest BCUT2D eigenvalue weighted by molar-refractivity contribution is 8.00. The Hall–Kier alpha value is -3.05. The smallest absolute Gasteiger partial charge is 0.238 e. The lowest BCUT2D eigenvalue weighted by atomic mass is 9.95. The Morgan fingerprint density at radius 1 is 1.06 bits per heavy atom. The third-order valence-corrected chi connectivity index (χ3v) is 7.06. The highest BCUT2D eigenvalue weighted by Gasteiger charge is 2.35. The fourth-order valence-corrected chi connectivity index (χ4v) is 5.42. The normalized spacial score (nSPS) is 16.8. The van der Waals surface area contributed by atoms with Gasteiger partial charge in [-0.3, -0.25) is 14.5 Å². The summed E-state index contributed by atoms with van der Waals surface area (Å²) in [6.45, 7) is 6.12. The quantitative estimate of drug-likeness (QED) is 0.491. The van der Waals surface area contributed by atoms with Gasteiger partial charge in [-0.2, -0.15) is 0 Å². The van der Waals surface area contributed by atoms with Gasteiger partial charge in [0.25, 0.3) is 0 Å². The van der Waals surface area contributed by atoms with Crippen molar-refractivity contribution in [3.63, 3.8) is 0 Å². The van der Waals surface area contributed by atoms with Crippen molar-refractivity contribution < 1.29 is 9.59 Å². The highest BCUT2D eigenvalue weighted by atomic mass is 32.2. The van der Waals surface area contributed by atoms with Crippen molar-refractivity contribution in [1.29, 1.82) is 0 Å². The first-order valence-electron chi connectivity index (χ1n) is 10.9. The molecule has 0 aromatic heterocycles. The van der Waals surface area contributed by atoms with Crippen molar-refractivity contribution >= 4 is 35.0 Å². The van der Waals surface area contributed by atoms with Crippen LogP contribution in [0.2, 0.25) is 0 Å². The largest absolute Gasteiger partial charge is 0.326 e. The lowest BCUT2D eigenvalue weighted by molar-refractivity contribution is -0.118. The lowest BCUT2D eigenvalue weighted by Crippen LogP contribution is -2.28. The number of thioether (sulfide) groups is 1. The molecule has 1 aliphatic heterocycles. The minimum atomic E-state index is -0.200. The number of carbonyl (C=O) groups excluding carboxylic acids is 2. The van der Waals surface area contributed by atoms with Crippen LogP contribution in [0.3, 0.4) is 0 Å². The number of amides is 2. The summed E-state index contributed by atoms with van der Waals surface area (Å²) in [5.41, 5.74) is 5.98. The van der Waals surface area contributed by atoms with E-state index in [9.17, 15) is 9.59 Å². The molecule has 0 spiro atoms. The van der Waals surface area contributed by atoms with Crippen molar-refractivity contribution in [3.8, 4) is 0 Å². The summed E-state index contributed by atoms with van der Waals surface area (Å²) in [7, 11) is 0. The fourth-order valence-electron chi connectivity index (χ4n) is 4.26. The van der Waals surface area contributed by atoms with E-state index in [4.69, 9.17) is 0 Å². The molecule has 1 fully saturated rings. The van der Waals surface area contributed by atoms with Crippen molar-refractivity contribution in [3.05, 3.63) is 95.1 Å². The van der Waals surface area contributed by atoms with E-state index >= 15 is 0 Å². The highest BCUT2D eigenvalue weighted by Crippen LogP contribution is 2.43. The molecule has 4 rings (SSSR count). The van der Waals surface area contributed by atoms with Crippen LogP contribution >= 0.6 is 11.8 Å². The molecular formula is C27H28N2O2S. The number of rotatable bonds is 6. The van der Waals surface area contributed by atoms with Crippen LogP contribution in [0.1, 0.15) is 46.9 Å². The minimum Gasteiger partial charge on any atom is -0.326 e. The molecule has 2 atom stereocenters. The van der Waals surface area contributed by atoms with Crippen LogP contribution in [0.4, 0.5) is 11.4 Å². The summed E-state index contributed by atoms with van der Waals surface area (Å²) >= 11 is 1.62. The van der Waals surface area contributed by atoms with Gasteiger partial charge in [0.2, 0.25) is 11.8 Å². The van der Waals surface area contributed by atoms with Crippen LogP contribution in [-0.4, -0.2) is 17.6 Å². The first-order chi connectivity index (χ1) is 15.5. The zero-order valence-corrected chi connectivity index (χ0v) is 19.5. The maximum absolute atomic E-state index is 13.0. The Morgan fingerprint density at radius 3 is 2.56 bits per heavy atom. The zero-order chi connectivity index (χ0) is 22.7. The molecule has 0 bridgehead atoms. The molecule has 3 aromatic carbocycles. The SMILES string of the molecule is CC[C@H](C(=O)Nc1cccc([C@@H]2SCC(=O)N2c2ccc(C)cc2C)c1)c1ccccc1. The summed E-state index contributed by atoms with van der Waals surface area (Å²) in [4.78, 5) is 27.7. The summed E-state index contributed by atoms with van der Waals surface area (Å²) in [5.74, 6) is 0.336. The van der Waals surface area contributed by atoms with Crippen molar-refractivity contribution in [2.45, 2.75) is 38.5 Å². The first kappa shape index (κ1) is 22.2. The standard InChI is InChI=1S/C27H28N2O2S/c1-4-23(20-9-6-5-7-10-20)26(31)28-22-12-8-11-21(16-22)27-29(25(30)17-32-27)24-14-13-18(2)15-19(24)3/h5-16,23,27H,4,17H2,1-3H3,(H,28,31)/t23-,27-/m0/s1. The molecule has 164 valence electrons. The third-order valence-electron chi connectivity index (χ3n) is 5.85. The molecule has 0 aliphatic carbocycles. The number of anilines is 2. The fraction of sp³-hybridized carbons (Fsp3) is 0.259. The Labute approximate surface area is 194 Å². The Kier molecular flexibility index (Phi) is 6.66. The lowest BCUT2D eigenvalue weighted by Gasteiger charge is -2.26. The molecule has 0 unspecified atom stereocenters. The Bertz CT molecular complexity index is 1130. The average Bonchev–Trinajstić information content (AvgIpc) is 3.16. The van der Waals surface area contributed by atoms with Gasteiger partial charge in [0.15, 0.2) is 0 Å². The van der Waals surface area contributed by atoms with Gasteiger partial charge in [0, 0.05) is 11.4 Å². The minimum absolute atomic E-state index is 0.0164. The summed E-state index contributed by atoms with van der Waals surface area (Å²) in [5, 5.41) is 2.97. The molecule has 1 saturated heterocycles. The van der Waals surface area contributed by atoms with Crippen molar-refractivity contribution in [2.24, 2.45) is 0 Å². The van der Waals surface area contributed by atoms with Gasteiger partial charge in [-0.15, -0.1) is 11.8 Å². The van der Waals surface area contributed by atoms with Crippen LogP contribution in [-0.2, 0) is 9.59 Å². The van der Waals surface area contributed by atoms with Gasteiger partial charge in [-0.1, -0.05) is 67.1 Å². The van der Waals surface area contributed by atoms with Crippen molar-refractivity contribution in [1.82, 2.24) is 0 Å². The predicted octanol–water partition coefficient (Wildman–Crippen LogP) is 6.21. The van der Waals surface area contributed by atoms with Crippen LogP contribution in [0.5, 0.6) is 0 Å². The number of nitrogens with zero attached hydrogens (tertiary/aromatic N) is 1. The third kappa shape index (κ3) is 4.58. The van der Waals surface area contributed by atoms with Gasteiger partial charge < -0.3 is 5.32 Å². The van der Waals surface area contributed by atoms with Gasteiger partial charge in [0.1, 0.15) is 5.37 Å². The molecule has 5 heteroatoms. The van der Waals surface area contributed by atoms with E-state index in [0.29, 0.717) is 5.75 Å². The van der Waals surface area contributed by atoms with Gasteiger partial charge in [-0.25, -0.2) is 0 Å². The Morgan fingerprint density at radius 2 is 1.84 bits per heavy atom.